The predicted octanol–water partition coefficient (Wildman–Crippen LogP) is 5.45. The largest absolute Gasteiger partial charge is 0.508 e. The van der Waals surface area contributed by atoms with Crippen molar-refractivity contribution >= 4 is 40.7 Å². The SMILES string of the molecule is COc1ccc(C23C(=O)N(Nc4ccc(Cl)cc4Cl)C(=O)C2CC2C(=CCn4c(=O)n(-c5ccccc5)c(=O)n42)C3c2ccc(O)cc2OC)cc1. The maximum atomic E-state index is 15.4. The predicted molar refractivity (Wildman–Crippen MR) is 194 cm³/mol. The highest BCUT2D eigenvalue weighted by atomic mass is 35.5. The zero-order valence-corrected chi connectivity index (χ0v) is 29.3. The molecular weight excluding hydrogens is 709 g/mol. The summed E-state index contributed by atoms with van der Waals surface area (Å²) in [5.74, 6) is -2.41. The summed E-state index contributed by atoms with van der Waals surface area (Å²) >= 11 is 12.7. The fourth-order valence-electron chi connectivity index (χ4n) is 8.19. The van der Waals surface area contributed by atoms with Crippen LogP contribution in [0.2, 0.25) is 10.0 Å². The monoisotopic (exact) mass is 739 g/mol. The van der Waals surface area contributed by atoms with Gasteiger partial charge in [0.25, 0.3) is 11.8 Å². The maximum Gasteiger partial charge on any atom is 0.352 e. The molecule has 3 aliphatic rings. The molecule has 0 bridgehead atoms. The number of halogens is 2. The van der Waals surface area contributed by atoms with Gasteiger partial charge < -0.3 is 14.6 Å². The van der Waals surface area contributed by atoms with Crippen LogP contribution in [0.15, 0.2) is 112 Å². The highest BCUT2D eigenvalue weighted by Gasteiger charge is 2.69. The number of aromatic nitrogens is 3. The number of phenolic OH excluding ortho intramolecular Hbond substituents is 1. The molecule has 1 saturated heterocycles. The first kappa shape index (κ1) is 33.4. The Morgan fingerprint density at radius 2 is 1.62 bits per heavy atom. The lowest BCUT2D eigenvalue weighted by Gasteiger charge is -2.49. The summed E-state index contributed by atoms with van der Waals surface area (Å²) in [6.45, 7) is 0.0183. The highest BCUT2D eigenvalue weighted by molar-refractivity contribution is 6.36. The van der Waals surface area contributed by atoms with Gasteiger partial charge in [-0.15, -0.1) is 0 Å². The molecule has 4 unspecified atom stereocenters. The Balaban J connectivity index is 1.40. The third-order valence-electron chi connectivity index (χ3n) is 10.4. The second-order valence-corrected chi connectivity index (χ2v) is 13.7. The number of carbonyl (C=O) groups excluding carboxylic acids is 2. The summed E-state index contributed by atoms with van der Waals surface area (Å²) in [5.41, 5.74) is 2.55. The fourth-order valence-corrected chi connectivity index (χ4v) is 8.64. The third-order valence-corrected chi connectivity index (χ3v) is 10.9. The van der Waals surface area contributed by atoms with Gasteiger partial charge in [0.15, 0.2) is 0 Å². The van der Waals surface area contributed by atoms with E-state index >= 15 is 4.79 Å². The summed E-state index contributed by atoms with van der Waals surface area (Å²) in [6.07, 6.45) is 1.84. The van der Waals surface area contributed by atoms with Crippen molar-refractivity contribution in [2.75, 3.05) is 19.6 Å². The normalized spacial score (nSPS) is 22.0. The van der Waals surface area contributed by atoms with Crippen LogP contribution >= 0.6 is 23.2 Å². The van der Waals surface area contributed by atoms with Gasteiger partial charge in [0, 0.05) is 22.6 Å². The number of nitrogens with one attached hydrogen (secondary N) is 1. The molecule has 52 heavy (non-hydrogen) atoms. The second kappa shape index (κ2) is 12.5. The van der Waals surface area contributed by atoms with E-state index in [1.54, 1.807) is 72.8 Å². The Labute approximate surface area is 306 Å². The van der Waals surface area contributed by atoms with Crippen LogP contribution < -0.4 is 26.3 Å². The van der Waals surface area contributed by atoms with Crippen molar-refractivity contribution in [1.29, 1.82) is 0 Å². The molecule has 2 N–H and O–H groups in total. The number of nitrogens with zero attached hydrogens (tertiary/aromatic N) is 4. The van der Waals surface area contributed by atoms with Crippen LogP contribution in [0, 0.1) is 5.92 Å². The molecule has 3 heterocycles. The molecule has 5 aromatic rings. The smallest absolute Gasteiger partial charge is 0.352 e. The second-order valence-electron chi connectivity index (χ2n) is 12.8. The van der Waals surface area contributed by atoms with E-state index in [0.29, 0.717) is 33.2 Å². The van der Waals surface area contributed by atoms with E-state index < -0.39 is 46.5 Å². The van der Waals surface area contributed by atoms with Gasteiger partial charge >= 0.3 is 11.4 Å². The number of hydrogen-bond acceptors (Lipinski definition) is 8. The molecular formula is C38H31Cl2N5O7. The van der Waals surface area contributed by atoms with Gasteiger partial charge in [0.1, 0.15) is 17.2 Å². The van der Waals surface area contributed by atoms with E-state index in [4.69, 9.17) is 32.7 Å². The van der Waals surface area contributed by atoms with E-state index in [9.17, 15) is 19.5 Å². The lowest BCUT2D eigenvalue weighted by molar-refractivity contribution is -0.138. The first-order chi connectivity index (χ1) is 25.1. The number of aromatic hydroxyl groups is 1. The van der Waals surface area contributed by atoms with Crippen LogP contribution in [0.5, 0.6) is 17.2 Å². The maximum absolute atomic E-state index is 15.4. The van der Waals surface area contributed by atoms with Crippen LogP contribution in [0.25, 0.3) is 5.69 Å². The molecule has 14 heteroatoms. The lowest BCUT2D eigenvalue weighted by Crippen LogP contribution is -2.53. The molecule has 2 amide bonds. The van der Waals surface area contributed by atoms with E-state index in [1.807, 2.05) is 6.08 Å². The lowest BCUT2D eigenvalue weighted by atomic mass is 9.53. The van der Waals surface area contributed by atoms with E-state index in [2.05, 4.69) is 5.43 Å². The molecule has 1 aliphatic carbocycles. The number of benzene rings is 4. The number of ether oxygens (including phenoxy) is 2. The Hall–Kier alpha value is -5.72. The average molecular weight is 741 g/mol. The molecule has 4 aromatic carbocycles. The first-order valence-corrected chi connectivity index (χ1v) is 17.2. The van der Waals surface area contributed by atoms with Crippen LogP contribution in [0.1, 0.15) is 29.5 Å². The molecule has 1 saturated carbocycles. The molecule has 0 spiro atoms. The van der Waals surface area contributed by atoms with Gasteiger partial charge in [0.05, 0.1) is 54.5 Å². The minimum Gasteiger partial charge on any atom is -0.508 e. The number of hydrogen-bond donors (Lipinski definition) is 2. The van der Waals surface area contributed by atoms with Crippen LogP contribution in [0.3, 0.4) is 0 Å². The molecule has 264 valence electrons. The standard InChI is InChI=1S/C38H31Cl2N5O7/c1-51-25-12-8-21(9-13-25)38-28(34(47)44(35(38)48)41-30-15-10-22(39)18-29(30)40)20-31-26(33(38)27-14-11-24(46)19-32(27)52-2)16-17-42-36(49)43(37(50)45(31)42)23-6-4-3-5-7-23/h3-16,18-19,28,31,33,41,46H,17,20H2,1-2H3. The number of hydrazine groups is 1. The number of para-hydroxylation sites is 1. The summed E-state index contributed by atoms with van der Waals surface area (Å²) < 4.78 is 15.1. The zero-order chi connectivity index (χ0) is 36.5. The van der Waals surface area contributed by atoms with E-state index in [0.717, 1.165) is 9.58 Å². The molecule has 8 rings (SSSR count). The van der Waals surface area contributed by atoms with Crippen molar-refractivity contribution in [3.05, 3.63) is 145 Å². The number of imide groups is 1. The van der Waals surface area contributed by atoms with Gasteiger partial charge in [-0.2, -0.15) is 5.01 Å². The molecule has 1 aromatic heterocycles. The Bertz CT molecular complexity index is 2420. The fraction of sp³-hybridized carbons (Fsp3) is 0.211. The van der Waals surface area contributed by atoms with Crippen molar-refractivity contribution in [3.8, 4) is 22.9 Å². The topological polar surface area (TPSA) is 137 Å². The molecule has 4 atom stereocenters. The van der Waals surface area contributed by atoms with Crippen LogP contribution in [-0.4, -0.2) is 50.1 Å². The number of anilines is 1. The third kappa shape index (κ3) is 4.81. The van der Waals surface area contributed by atoms with Crippen molar-refractivity contribution in [1.82, 2.24) is 18.9 Å². The van der Waals surface area contributed by atoms with Crippen LogP contribution in [0.4, 0.5) is 5.69 Å². The van der Waals surface area contributed by atoms with Crippen LogP contribution in [-0.2, 0) is 21.5 Å². The summed E-state index contributed by atoms with van der Waals surface area (Å²) in [7, 11) is 2.98. The Kier molecular flexibility index (Phi) is 8.03. The van der Waals surface area contributed by atoms with Gasteiger partial charge in [-0.1, -0.05) is 65.7 Å². The summed E-state index contributed by atoms with van der Waals surface area (Å²) in [6, 6.07) is 24.0. The highest BCUT2D eigenvalue weighted by Crippen LogP contribution is 2.63. The number of amides is 2. The number of rotatable bonds is 7. The number of phenols is 1. The summed E-state index contributed by atoms with van der Waals surface area (Å²) in [4.78, 5) is 58.5. The van der Waals surface area contributed by atoms with Gasteiger partial charge in [0.2, 0.25) is 0 Å². The molecule has 2 fully saturated rings. The number of methoxy groups -OCH3 is 2. The quantitative estimate of drug-likeness (QED) is 0.166. The zero-order valence-electron chi connectivity index (χ0n) is 27.8. The molecule has 12 nitrogen and oxygen atoms in total. The van der Waals surface area contributed by atoms with Crippen molar-refractivity contribution in [3.63, 3.8) is 0 Å². The van der Waals surface area contributed by atoms with Gasteiger partial charge in [-0.3, -0.25) is 15.0 Å². The minimum absolute atomic E-state index is 0.00991. The minimum atomic E-state index is -1.62. The van der Waals surface area contributed by atoms with Crippen molar-refractivity contribution < 1.29 is 24.2 Å². The summed E-state index contributed by atoms with van der Waals surface area (Å²) in [5, 5.41) is 12.1. The number of fused-ring (bicyclic) bond motifs is 4. The number of allylic oxidation sites excluding steroid dienone is 2. The Morgan fingerprint density at radius 1 is 0.865 bits per heavy atom. The average Bonchev–Trinajstić information content (AvgIpc) is 3.53. The van der Waals surface area contributed by atoms with E-state index in [1.165, 1.54) is 41.8 Å². The van der Waals surface area contributed by atoms with Gasteiger partial charge in [-0.25, -0.2) is 23.5 Å². The van der Waals surface area contributed by atoms with E-state index in [-0.39, 0.29) is 35.2 Å². The first-order valence-electron chi connectivity index (χ1n) is 16.4. The van der Waals surface area contributed by atoms with Gasteiger partial charge in [-0.05, 0) is 66.1 Å². The van der Waals surface area contributed by atoms with Crippen molar-refractivity contribution in [2.45, 2.75) is 30.3 Å². The van der Waals surface area contributed by atoms with Crippen molar-refractivity contribution in [2.24, 2.45) is 5.92 Å². The molecule has 2 aliphatic heterocycles. The Morgan fingerprint density at radius 3 is 2.31 bits per heavy atom. The molecule has 0 radical (unpaired) electrons. The number of carbonyl (C=O) groups is 2.